The van der Waals surface area contributed by atoms with Crippen LogP contribution < -0.4 is 0 Å². The van der Waals surface area contributed by atoms with Gasteiger partial charge in [-0.15, -0.1) is 0 Å². The number of benzene rings is 2. The maximum atomic E-state index is 12.8. The first-order chi connectivity index (χ1) is 10.9. The van der Waals surface area contributed by atoms with Gasteiger partial charge in [-0.1, -0.05) is 60.7 Å². The maximum Gasteiger partial charge on any atom is 0.327 e. The van der Waals surface area contributed by atoms with Gasteiger partial charge >= 0.3 is 13.6 Å². The highest BCUT2D eigenvalue weighted by Gasteiger charge is 2.48. The Morgan fingerprint density at radius 2 is 1.43 bits per heavy atom. The lowest BCUT2D eigenvalue weighted by molar-refractivity contribution is -0.147. The highest BCUT2D eigenvalue weighted by Crippen LogP contribution is 2.47. The second-order valence-electron chi connectivity index (χ2n) is 5.18. The molecule has 2 aromatic rings. The number of hydrogen-bond acceptors (Lipinski definition) is 3. The standard InChI is InChI=1S/C17H19O5P/c1-2-22-16(18)17(13-23(19,20)21,14-9-5-3-6-10-14)15-11-7-4-8-12-15/h3-12H,2,13H2,1H3,(H2,19,20,21). The number of hydrogen-bond donors (Lipinski definition) is 2. The molecule has 0 aliphatic carbocycles. The molecular weight excluding hydrogens is 315 g/mol. The molecule has 0 unspecified atom stereocenters. The van der Waals surface area contributed by atoms with Crippen molar-refractivity contribution in [1.82, 2.24) is 0 Å². The SMILES string of the molecule is CCOC(=O)C(CP(=O)(O)O)(c1ccccc1)c1ccccc1. The van der Waals surface area contributed by atoms with Crippen molar-refractivity contribution in [3.63, 3.8) is 0 Å². The topological polar surface area (TPSA) is 83.8 Å². The van der Waals surface area contributed by atoms with Gasteiger partial charge in [-0.05, 0) is 18.1 Å². The van der Waals surface area contributed by atoms with Crippen LogP contribution in [0.4, 0.5) is 0 Å². The van der Waals surface area contributed by atoms with Gasteiger partial charge < -0.3 is 14.5 Å². The predicted molar refractivity (Wildman–Crippen MR) is 87.2 cm³/mol. The average Bonchev–Trinajstić information content (AvgIpc) is 2.53. The van der Waals surface area contributed by atoms with E-state index in [1.165, 1.54) is 0 Å². The van der Waals surface area contributed by atoms with Crippen LogP contribution in [0.25, 0.3) is 0 Å². The molecule has 2 rings (SSSR count). The van der Waals surface area contributed by atoms with Gasteiger partial charge in [0.05, 0.1) is 12.8 Å². The first kappa shape index (κ1) is 17.4. The molecule has 0 aromatic heterocycles. The molecule has 0 radical (unpaired) electrons. The van der Waals surface area contributed by atoms with E-state index in [9.17, 15) is 19.1 Å². The van der Waals surface area contributed by atoms with Crippen molar-refractivity contribution in [1.29, 1.82) is 0 Å². The molecular formula is C17H19O5P. The molecule has 0 aliphatic heterocycles. The molecule has 2 N–H and O–H groups in total. The molecule has 0 spiro atoms. The molecule has 6 heteroatoms. The Kier molecular flexibility index (Phi) is 5.37. The Bertz CT molecular complexity index is 654. The minimum atomic E-state index is -4.50. The Labute approximate surface area is 135 Å². The molecule has 0 saturated heterocycles. The van der Waals surface area contributed by atoms with Gasteiger partial charge in [0.25, 0.3) is 0 Å². The predicted octanol–water partition coefficient (Wildman–Crippen LogP) is 2.71. The van der Waals surface area contributed by atoms with Crippen LogP contribution in [0.3, 0.4) is 0 Å². The summed E-state index contributed by atoms with van der Waals surface area (Å²) in [6.07, 6.45) is -0.646. The van der Waals surface area contributed by atoms with E-state index in [0.717, 1.165) is 0 Å². The molecule has 23 heavy (non-hydrogen) atoms. The van der Waals surface area contributed by atoms with Crippen molar-refractivity contribution in [2.75, 3.05) is 12.8 Å². The molecule has 5 nitrogen and oxygen atoms in total. The van der Waals surface area contributed by atoms with Gasteiger partial charge in [-0.3, -0.25) is 9.36 Å². The van der Waals surface area contributed by atoms with Crippen LogP contribution >= 0.6 is 7.60 Å². The summed E-state index contributed by atoms with van der Waals surface area (Å²) in [5.74, 6) is -0.666. The summed E-state index contributed by atoms with van der Waals surface area (Å²) >= 11 is 0. The lowest BCUT2D eigenvalue weighted by Crippen LogP contribution is -2.42. The summed E-state index contributed by atoms with van der Waals surface area (Å²) < 4.78 is 17.0. The summed E-state index contributed by atoms with van der Waals surface area (Å²) in [5, 5.41) is 0. The zero-order valence-electron chi connectivity index (χ0n) is 12.8. The number of ether oxygens (including phenoxy) is 1. The van der Waals surface area contributed by atoms with Crippen molar-refractivity contribution in [3.05, 3.63) is 71.8 Å². The van der Waals surface area contributed by atoms with Gasteiger partial charge in [0.2, 0.25) is 0 Å². The molecule has 122 valence electrons. The average molecular weight is 334 g/mol. The number of carbonyl (C=O) groups excluding carboxylic acids is 1. The van der Waals surface area contributed by atoms with Crippen molar-refractivity contribution < 1.29 is 23.9 Å². The summed E-state index contributed by atoms with van der Waals surface area (Å²) in [7, 11) is -4.50. The number of esters is 1. The number of rotatable bonds is 6. The first-order valence-corrected chi connectivity index (χ1v) is 9.03. The van der Waals surface area contributed by atoms with Crippen molar-refractivity contribution in [3.8, 4) is 0 Å². The van der Waals surface area contributed by atoms with Gasteiger partial charge in [-0.2, -0.15) is 0 Å². The lowest BCUT2D eigenvalue weighted by Gasteiger charge is -2.32. The van der Waals surface area contributed by atoms with Crippen LogP contribution in [0.15, 0.2) is 60.7 Å². The molecule has 0 aliphatic rings. The number of carbonyl (C=O) groups is 1. The second kappa shape index (κ2) is 7.09. The summed E-state index contributed by atoms with van der Waals surface area (Å²) in [5.41, 5.74) is -0.557. The van der Waals surface area contributed by atoms with E-state index < -0.39 is 25.1 Å². The van der Waals surface area contributed by atoms with E-state index in [1.54, 1.807) is 67.6 Å². The van der Waals surface area contributed by atoms with Crippen LogP contribution in [-0.4, -0.2) is 28.5 Å². The highest BCUT2D eigenvalue weighted by molar-refractivity contribution is 7.51. The van der Waals surface area contributed by atoms with E-state index >= 15 is 0 Å². The van der Waals surface area contributed by atoms with Crippen molar-refractivity contribution in [2.45, 2.75) is 12.3 Å². The van der Waals surface area contributed by atoms with Gasteiger partial charge in [-0.25, -0.2) is 0 Å². The van der Waals surface area contributed by atoms with Gasteiger partial charge in [0, 0.05) is 0 Å². The highest BCUT2D eigenvalue weighted by atomic mass is 31.2. The largest absolute Gasteiger partial charge is 0.465 e. The summed E-state index contributed by atoms with van der Waals surface area (Å²) in [4.78, 5) is 32.0. The van der Waals surface area contributed by atoms with E-state index in [0.29, 0.717) is 11.1 Å². The van der Waals surface area contributed by atoms with Crippen molar-refractivity contribution >= 4 is 13.6 Å². The molecule has 0 fully saturated rings. The monoisotopic (exact) mass is 334 g/mol. The third-order valence-electron chi connectivity index (χ3n) is 3.60. The van der Waals surface area contributed by atoms with Crippen molar-refractivity contribution in [2.24, 2.45) is 0 Å². The summed E-state index contributed by atoms with van der Waals surface area (Å²) in [6.45, 7) is 1.79. The third kappa shape index (κ3) is 3.88. The molecule has 0 bridgehead atoms. The summed E-state index contributed by atoms with van der Waals surface area (Å²) in [6, 6.07) is 17.2. The molecule has 0 atom stereocenters. The Hall–Kier alpha value is -1.94. The maximum absolute atomic E-state index is 12.8. The molecule has 0 amide bonds. The zero-order valence-corrected chi connectivity index (χ0v) is 13.6. The van der Waals surface area contributed by atoms with Crippen LogP contribution in [0, 0.1) is 0 Å². The molecule has 2 aromatic carbocycles. The lowest BCUT2D eigenvalue weighted by atomic mass is 9.76. The van der Waals surface area contributed by atoms with E-state index in [1.807, 2.05) is 0 Å². The van der Waals surface area contributed by atoms with Crippen LogP contribution in [-0.2, 0) is 19.5 Å². The van der Waals surface area contributed by atoms with Crippen LogP contribution in [0.5, 0.6) is 0 Å². The van der Waals surface area contributed by atoms with E-state index in [4.69, 9.17) is 4.74 Å². The minimum absolute atomic E-state index is 0.126. The van der Waals surface area contributed by atoms with E-state index in [2.05, 4.69) is 0 Å². The Morgan fingerprint density at radius 3 is 1.78 bits per heavy atom. The zero-order chi connectivity index (χ0) is 16.9. The van der Waals surface area contributed by atoms with Gasteiger partial charge in [0.1, 0.15) is 5.41 Å². The van der Waals surface area contributed by atoms with Crippen LogP contribution in [0.1, 0.15) is 18.1 Å². The smallest absolute Gasteiger partial charge is 0.327 e. The Morgan fingerprint density at radius 1 is 1.00 bits per heavy atom. The van der Waals surface area contributed by atoms with Crippen LogP contribution in [0.2, 0.25) is 0 Å². The quantitative estimate of drug-likeness (QED) is 0.627. The van der Waals surface area contributed by atoms with Gasteiger partial charge in [0.15, 0.2) is 0 Å². The minimum Gasteiger partial charge on any atom is -0.465 e. The fourth-order valence-corrected chi connectivity index (χ4v) is 3.77. The normalized spacial score (nSPS) is 12.0. The Balaban J connectivity index is 2.73. The van der Waals surface area contributed by atoms with E-state index in [-0.39, 0.29) is 6.61 Å². The fourth-order valence-electron chi connectivity index (χ4n) is 2.66. The molecule has 0 heterocycles. The first-order valence-electron chi connectivity index (χ1n) is 7.23. The third-order valence-corrected chi connectivity index (χ3v) is 4.49. The molecule has 0 saturated carbocycles. The fraction of sp³-hybridized carbons (Fsp3) is 0.235. The second-order valence-corrected chi connectivity index (χ2v) is 6.83.